The smallest absolute Gasteiger partial charge is 0.222 e. The van der Waals surface area contributed by atoms with Gasteiger partial charge in [-0.25, -0.2) is 0 Å². The second kappa shape index (κ2) is 7.47. The molecule has 0 bridgehead atoms. The molecule has 0 spiro atoms. The molecule has 6 nitrogen and oxygen atoms in total. The Bertz CT molecular complexity index is 404. The SMILES string of the molecule is CC(NC(=O)CC1COCCN1)c1cnn(C)c1.Cl. The number of nitrogens with zero attached hydrogens (tertiary/aromatic N) is 2. The summed E-state index contributed by atoms with van der Waals surface area (Å²) in [6, 6.07) is 0.107. The zero-order valence-electron chi connectivity index (χ0n) is 11.3. The fraction of sp³-hybridized carbons (Fsp3) is 0.667. The van der Waals surface area contributed by atoms with E-state index >= 15 is 0 Å². The zero-order chi connectivity index (χ0) is 13.0. The summed E-state index contributed by atoms with van der Waals surface area (Å²) in [6.45, 7) is 4.11. The third-order valence-electron chi connectivity index (χ3n) is 3.03. The summed E-state index contributed by atoms with van der Waals surface area (Å²) >= 11 is 0. The van der Waals surface area contributed by atoms with Crippen molar-refractivity contribution in [2.45, 2.75) is 25.4 Å². The first kappa shape index (κ1) is 15.9. The molecule has 1 aliphatic heterocycles. The fourth-order valence-electron chi connectivity index (χ4n) is 2.02. The largest absolute Gasteiger partial charge is 0.378 e. The molecule has 2 atom stereocenters. The van der Waals surface area contributed by atoms with Gasteiger partial charge in [0.25, 0.3) is 0 Å². The number of carbonyl (C=O) groups excluding carboxylic acids is 1. The fourth-order valence-corrected chi connectivity index (χ4v) is 2.02. The number of amides is 1. The van der Waals surface area contributed by atoms with Crippen LogP contribution in [0.2, 0.25) is 0 Å². The number of aryl methyl sites for hydroxylation is 1. The minimum absolute atomic E-state index is 0. The van der Waals surface area contributed by atoms with E-state index in [-0.39, 0.29) is 30.4 Å². The van der Waals surface area contributed by atoms with Crippen molar-refractivity contribution >= 4 is 18.3 Å². The van der Waals surface area contributed by atoms with Gasteiger partial charge in [-0.2, -0.15) is 5.10 Å². The molecule has 0 aliphatic carbocycles. The molecule has 1 fully saturated rings. The van der Waals surface area contributed by atoms with Gasteiger partial charge in [0.2, 0.25) is 5.91 Å². The topological polar surface area (TPSA) is 68.2 Å². The Morgan fingerprint density at radius 1 is 1.74 bits per heavy atom. The number of carbonyl (C=O) groups is 1. The summed E-state index contributed by atoms with van der Waals surface area (Å²) in [6.07, 6.45) is 4.13. The summed E-state index contributed by atoms with van der Waals surface area (Å²) in [4.78, 5) is 11.9. The van der Waals surface area contributed by atoms with Crippen LogP contribution in [0, 0.1) is 0 Å². The second-order valence-electron chi connectivity index (χ2n) is 4.67. The van der Waals surface area contributed by atoms with Crippen LogP contribution in [0.4, 0.5) is 0 Å². The number of ether oxygens (including phenoxy) is 1. The normalized spacial score (nSPS) is 20.4. The summed E-state index contributed by atoms with van der Waals surface area (Å²) < 4.78 is 7.05. The molecule has 2 heterocycles. The van der Waals surface area contributed by atoms with Crippen LogP contribution in [0.25, 0.3) is 0 Å². The van der Waals surface area contributed by atoms with Crippen molar-refractivity contribution in [1.82, 2.24) is 20.4 Å². The average Bonchev–Trinajstić information content (AvgIpc) is 2.77. The van der Waals surface area contributed by atoms with Crippen LogP contribution in [0.1, 0.15) is 24.9 Å². The molecule has 1 saturated heterocycles. The van der Waals surface area contributed by atoms with Crippen LogP contribution in [0.5, 0.6) is 0 Å². The molecule has 0 aromatic carbocycles. The monoisotopic (exact) mass is 288 g/mol. The van der Waals surface area contributed by atoms with E-state index in [0.29, 0.717) is 13.0 Å². The van der Waals surface area contributed by atoms with Crippen LogP contribution in [-0.4, -0.2) is 41.5 Å². The Morgan fingerprint density at radius 3 is 3.11 bits per heavy atom. The Balaban J connectivity index is 0.00000180. The molecule has 2 rings (SSSR count). The van der Waals surface area contributed by atoms with E-state index < -0.39 is 0 Å². The summed E-state index contributed by atoms with van der Waals surface area (Å²) in [5, 5.41) is 10.3. The van der Waals surface area contributed by atoms with E-state index in [9.17, 15) is 4.79 Å². The third kappa shape index (κ3) is 4.81. The summed E-state index contributed by atoms with van der Waals surface area (Å²) in [5.74, 6) is 0.0364. The van der Waals surface area contributed by atoms with E-state index in [1.165, 1.54) is 0 Å². The molecule has 2 unspecified atom stereocenters. The van der Waals surface area contributed by atoms with Crippen molar-refractivity contribution in [3.05, 3.63) is 18.0 Å². The van der Waals surface area contributed by atoms with Gasteiger partial charge < -0.3 is 15.4 Å². The van der Waals surface area contributed by atoms with Gasteiger partial charge in [-0.05, 0) is 6.92 Å². The van der Waals surface area contributed by atoms with Crippen molar-refractivity contribution in [2.75, 3.05) is 19.8 Å². The zero-order valence-corrected chi connectivity index (χ0v) is 12.1. The molecule has 2 N–H and O–H groups in total. The Morgan fingerprint density at radius 2 is 2.53 bits per heavy atom. The van der Waals surface area contributed by atoms with Crippen LogP contribution in [0.15, 0.2) is 12.4 Å². The highest BCUT2D eigenvalue weighted by atomic mass is 35.5. The Hall–Kier alpha value is -1.11. The maximum Gasteiger partial charge on any atom is 0.222 e. The predicted octanol–water partition coefficient (Wildman–Crippen LogP) is 0.398. The first-order valence-corrected chi connectivity index (χ1v) is 6.24. The highest BCUT2D eigenvalue weighted by Crippen LogP contribution is 2.10. The maximum atomic E-state index is 11.9. The number of hydrogen-bond acceptors (Lipinski definition) is 4. The number of hydrogen-bond donors (Lipinski definition) is 2. The lowest BCUT2D eigenvalue weighted by molar-refractivity contribution is -0.122. The van der Waals surface area contributed by atoms with E-state index in [2.05, 4.69) is 15.7 Å². The van der Waals surface area contributed by atoms with Crippen LogP contribution in [0.3, 0.4) is 0 Å². The lowest BCUT2D eigenvalue weighted by Crippen LogP contribution is -2.44. The standard InChI is InChI=1S/C12H20N4O2.ClH/c1-9(10-6-14-16(2)7-10)15-12(17)5-11-8-18-4-3-13-11;/h6-7,9,11,13H,3-5,8H2,1-2H3,(H,15,17);1H. The Kier molecular flexibility index (Phi) is 6.27. The van der Waals surface area contributed by atoms with E-state index in [0.717, 1.165) is 18.7 Å². The number of halogens is 1. The number of rotatable bonds is 4. The number of nitrogens with one attached hydrogen (secondary N) is 2. The van der Waals surface area contributed by atoms with Gasteiger partial charge in [0.1, 0.15) is 0 Å². The van der Waals surface area contributed by atoms with E-state index in [4.69, 9.17) is 4.74 Å². The summed E-state index contributed by atoms with van der Waals surface area (Å²) in [5.41, 5.74) is 1.01. The molecule has 19 heavy (non-hydrogen) atoms. The highest BCUT2D eigenvalue weighted by molar-refractivity contribution is 5.85. The lowest BCUT2D eigenvalue weighted by atomic mass is 10.1. The molecule has 0 saturated carbocycles. The van der Waals surface area contributed by atoms with Crippen LogP contribution in [-0.2, 0) is 16.6 Å². The Labute approximate surface area is 119 Å². The predicted molar refractivity (Wildman–Crippen MR) is 74.2 cm³/mol. The van der Waals surface area contributed by atoms with Crippen molar-refractivity contribution in [3.8, 4) is 0 Å². The maximum absolute atomic E-state index is 11.9. The minimum atomic E-state index is -0.0179. The van der Waals surface area contributed by atoms with Gasteiger partial charge in [0.05, 0.1) is 25.5 Å². The molecular weight excluding hydrogens is 268 g/mol. The third-order valence-corrected chi connectivity index (χ3v) is 3.03. The van der Waals surface area contributed by atoms with Gasteiger partial charge in [-0.1, -0.05) is 0 Å². The van der Waals surface area contributed by atoms with Gasteiger partial charge >= 0.3 is 0 Å². The lowest BCUT2D eigenvalue weighted by Gasteiger charge is -2.23. The van der Waals surface area contributed by atoms with Gasteiger partial charge in [-0.3, -0.25) is 9.48 Å². The second-order valence-corrected chi connectivity index (χ2v) is 4.67. The number of aromatic nitrogens is 2. The molecule has 7 heteroatoms. The quantitative estimate of drug-likeness (QED) is 0.841. The van der Waals surface area contributed by atoms with Crippen molar-refractivity contribution < 1.29 is 9.53 Å². The first-order valence-electron chi connectivity index (χ1n) is 6.24. The molecule has 108 valence electrons. The summed E-state index contributed by atoms with van der Waals surface area (Å²) in [7, 11) is 1.86. The van der Waals surface area contributed by atoms with Gasteiger partial charge in [0, 0.05) is 37.8 Å². The van der Waals surface area contributed by atoms with Crippen LogP contribution >= 0.6 is 12.4 Å². The van der Waals surface area contributed by atoms with Crippen molar-refractivity contribution in [1.29, 1.82) is 0 Å². The molecule has 1 aromatic heterocycles. The molecular formula is C12H21ClN4O2. The molecule has 1 amide bonds. The average molecular weight is 289 g/mol. The first-order chi connectivity index (χ1) is 8.65. The van der Waals surface area contributed by atoms with Crippen molar-refractivity contribution in [3.63, 3.8) is 0 Å². The minimum Gasteiger partial charge on any atom is -0.378 e. The molecule has 1 aromatic rings. The highest BCUT2D eigenvalue weighted by Gasteiger charge is 2.18. The van der Waals surface area contributed by atoms with Crippen molar-refractivity contribution in [2.24, 2.45) is 7.05 Å². The van der Waals surface area contributed by atoms with E-state index in [1.807, 2.05) is 20.2 Å². The van der Waals surface area contributed by atoms with Crippen LogP contribution < -0.4 is 10.6 Å². The molecule has 0 radical (unpaired) electrons. The molecule has 1 aliphatic rings. The van der Waals surface area contributed by atoms with Gasteiger partial charge in [-0.15, -0.1) is 12.4 Å². The van der Waals surface area contributed by atoms with E-state index in [1.54, 1.807) is 10.9 Å². The van der Waals surface area contributed by atoms with Gasteiger partial charge in [0.15, 0.2) is 0 Å². The number of morpholine rings is 1.